The molecule has 0 aliphatic rings. The Hall–Kier alpha value is -2.67. The Bertz CT molecular complexity index is 1070. The molecule has 0 spiro atoms. The van der Waals surface area contributed by atoms with E-state index in [1.807, 2.05) is 51.1 Å². The van der Waals surface area contributed by atoms with Crippen LogP contribution in [0.2, 0.25) is 0 Å². The fraction of sp³-hybridized carbons (Fsp3) is 0.333. The standard InChI is InChI=1S/C24H28N2O4.ClH/c1-4-19(25-15(2)3)24(29)18-10-12-20(23-17(18)11-13-21(27)26-23)30-22(28)14-16-8-6-5-7-9-16;/h5-13,15,19,24-25,29H,4,14H2,1-3H3,(H,26,27);1H. The van der Waals surface area contributed by atoms with Gasteiger partial charge in [-0.25, -0.2) is 0 Å². The van der Waals surface area contributed by atoms with Gasteiger partial charge in [-0.3, -0.25) is 9.59 Å². The molecule has 0 aliphatic heterocycles. The molecule has 0 bridgehead atoms. The van der Waals surface area contributed by atoms with Gasteiger partial charge in [0.05, 0.1) is 18.0 Å². The van der Waals surface area contributed by atoms with Gasteiger partial charge in [-0.2, -0.15) is 0 Å². The summed E-state index contributed by atoms with van der Waals surface area (Å²) < 4.78 is 5.57. The summed E-state index contributed by atoms with van der Waals surface area (Å²) in [4.78, 5) is 27.1. The molecule has 166 valence electrons. The van der Waals surface area contributed by atoms with E-state index in [9.17, 15) is 14.7 Å². The summed E-state index contributed by atoms with van der Waals surface area (Å²) in [5, 5.41) is 15.0. The number of halogens is 1. The van der Waals surface area contributed by atoms with Gasteiger partial charge in [0.1, 0.15) is 0 Å². The van der Waals surface area contributed by atoms with Crippen molar-refractivity contribution in [3.05, 3.63) is 76.1 Å². The fourth-order valence-electron chi connectivity index (χ4n) is 3.59. The minimum absolute atomic E-state index is 0. The topological polar surface area (TPSA) is 91.4 Å². The molecule has 3 N–H and O–H groups in total. The van der Waals surface area contributed by atoms with Crippen LogP contribution in [-0.4, -0.2) is 28.1 Å². The van der Waals surface area contributed by atoms with Crippen molar-refractivity contribution < 1.29 is 14.6 Å². The summed E-state index contributed by atoms with van der Waals surface area (Å²) in [5.41, 5.74) is 1.61. The van der Waals surface area contributed by atoms with Crippen LogP contribution in [0, 0.1) is 0 Å². The van der Waals surface area contributed by atoms with Crippen LogP contribution in [0.25, 0.3) is 10.9 Å². The number of aromatic nitrogens is 1. The monoisotopic (exact) mass is 444 g/mol. The number of hydrogen-bond donors (Lipinski definition) is 3. The summed E-state index contributed by atoms with van der Waals surface area (Å²) in [6.45, 7) is 6.06. The molecule has 7 heteroatoms. The normalized spacial score (nSPS) is 12.9. The summed E-state index contributed by atoms with van der Waals surface area (Å²) in [6.07, 6.45) is 0.0812. The van der Waals surface area contributed by atoms with Crippen LogP contribution < -0.4 is 15.6 Å². The van der Waals surface area contributed by atoms with Crippen molar-refractivity contribution in [2.75, 3.05) is 0 Å². The third kappa shape index (κ3) is 6.17. The molecule has 3 aromatic rings. The van der Waals surface area contributed by atoms with E-state index in [4.69, 9.17) is 4.74 Å². The second-order valence-electron chi connectivity index (χ2n) is 7.68. The third-order valence-electron chi connectivity index (χ3n) is 4.99. The van der Waals surface area contributed by atoms with E-state index < -0.39 is 12.1 Å². The first-order valence-electron chi connectivity index (χ1n) is 10.2. The smallest absolute Gasteiger partial charge is 0.315 e. The van der Waals surface area contributed by atoms with Crippen molar-refractivity contribution >= 4 is 29.3 Å². The van der Waals surface area contributed by atoms with Crippen LogP contribution in [0.5, 0.6) is 5.75 Å². The zero-order chi connectivity index (χ0) is 21.7. The number of pyridine rings is 1. The molecule has 3 rings (SSSR count). The average Bonchev–Trinajstić information content (AvgIpc) is 2.72. The molecule has 0 saturated heterocycles. The zero-order valence-corrected chi connectivity index (χ0v) is 18.7. The van der Waals surface area contributed by atoms with Crippen LogP contribution in [0.1, 0.15) is 44.4 Å². The lowest BCUT2D eigenvalue weighted by atomic mass is 9.95. The maximum absolute atomic E-state index is 12.4. The highest BCUT2D eigenvalue weighted by atomic mass is 35.5. The number of fused-ring (bicyclic) bond motifs is 1. The number of benzene rings is 2. The van der Waals surface area contributed by atoms with Gasteiger partial charge in [-0.1, -0.05) is 57.2 Å². The highest BCUT2D eigenvalue weighted by Crippen LogP contribution is 2.32. The summed E-state index contributed by atoms with van der Waals surface area (Å²) >= 11 is 0. The molecule has 6 nitrogen and oxygen atoms in total. The molecule has 2 atom stereocenters. The predicted molar refractivity (Wildman–Crippen MR) is 125 cm³/mol. The van der Waals surface area contributed by atoms with Crippen molar-refractivity contribution in [3.8, 4) is 5.75 Å². The molecule has 0 amide bonds. The van der Waals surface area contributed by atoms with Gasteiger partial charge >= 0.3 is 5.97 Å². The molecule has 0 aliphatic carbocycles. The third-order valence-corrected chi connectivity index (χ3v) is 4.99. The van der Waals surface area contributed by atoms with Gasteiger partial charge < -0.3 is 20.1 Å². The summed E-state index contributed by atoms with van der Waals surface area (Å²) in [5.74, 6) is -0.155. The van der Waals surface area contributed by atoms with E-state index in [1.54, 1.807) is 18.2 Å². The number of rotatable bonds is 8. The second kappa shape index (κ2) is 11.1. The lowest BCUT2D eigenvalue weighted by molar-refractivity contribution is -0.133. The van der Waals surface area contributed by atoms with Crippen LogP contribution in [0.4, 0.5) is 0 Å². The van der Waals surface area contributed by atoms with Crippen molar-refractivity contribution in [3.63, 3.8) is 0 Å². The molecule has 0 radical (unpaired) electrons. The highest BCUT2D eigenvalue weighted by molar-refractivity contribution is 5.90. The van der Waals surface area contributed by atoms with E-state index in [2.05, 4.69) is 10.3 Å². The van der Waals surface area contributed by atoms with Crippen LogP contribution >= 0.6 is 12.4 Å². The van der Waals surface area contributed by atoms with E-state index in [-0.39, 0.29) is 42.2 Å². The fourth-order valence-corrected chi connectivity index (χ4v) is 3.59. The van der Waals surface area contributed by atoms with Crippen LogP contribution in [0.3, 0.4) is 0 Å². The van der Waals surface area contributed by atoms with Crippen LogP contribution in [0.15, 0.2) is 59.4 Å². The first kappa shape index (κ1) is 24.6. The van der Waals surface area contributed by atoms with Gasteiger partial charge in [-0.05, 0) is 29.7 Å². The van der Waals surface area contributed by atoms with Crippen LogP contribution in [-0.2, 0) is 11.2 Å². The van der Waals surface area contributed by atoms with Crippen molar-refractivity contribution in [2.24, 2.45) is 0 Å². The van der Waals surface area contributed by atoms with Crippen molar-refractivity contribution in [2.45, 2.75) is 51.8 Å². The quantitative estimate of drug-likeness (QED) is 0.362. The Morgan fingerprint density at radius 1 is 1.10 bits per heavy atom. The van der Waals surface area contributed by atoms with Crippen molar-refractivity contribution in [1.29, 1.82) is 0 Å². The van der Waals surface area contributed by atoms with Gasteiger partial charge in [-0.15, -0.1) is 12.4 Å². The SMILES string of the molecule is CCC(NC(C)C)C(O)c1ccc(OC(=O)Cc2ccccc2)c2[nH]c(=O)ccc12.Cl. The van der Waals surface area contributed by atoms with Gasteiger partial charge in [0.2, 0.25) is 5.56 Å². The Labute approximate surface area is 188 Å². The molecule has 1 heterocycles. The number of hydrogen-bond acceptors (Lipinski definition) is 5. The maximum atomic E-state index is 12.4. The Morgan fingerprint density at radius 3 is 2.45 bits per heavy atom. The second-order valence-corrected chi connectivity index (χ2v) is 7.68. The lowest BCUT2D eigenvalue weighted by Gasteiger charge is -2.26. The molecule has 0 saturated carbocycles. The van der Waals surface area contributed by atoms with E-state index in [0.717, 1.165) is 12.0 Å². The van der Waals surface area contributed by atoms with E-state index >= 15 is 0 Å². The first-order chi connectivity index (χ1) is 14.4. The largest absolute Gasteiger partial charge is 0.424 e. The average molecular weight is 445 g/mol. The number of esters is 1. The van der Waals surface area contributed by atoms with Crippen molar-refractivity contribution in [1.82, 2.24) is 10.3 Å². The maximum Gasteiger partial charge on any atom is 0.315 e. The molecule has 1 aromatic heterocycles. The number of aromatic amines is 1. The molecule has 0 fully saturated rings. The Balaban J connectivity index is 0.00000341. The minimum atomic E-state index is -0.778. The van der Waals surface area contributed by atoms with Gasteiger partial charge in [0, 0.05) is 23.5 Å². The number of carbonyl (C=O) groups excluding carboxylic acids is 1. The predicted octanol–water partition coefficient (Wildman–Crippen LogP) is 3.91. The summed E-state index contributed by atoms with van der Waals surface area (Å²) in [6, 6.07) is 15.8. The molecule has 31 heavy (non-hydrogen) atoms. The number of nitrogens with one attached hydrogen (secondary N) is 2. The first-order valence-corrected chi connectivity index (χ1v) is 10.2. The Kier molecular flexibility index (Phi) is 8.80. The summed E-state index contributed by atoms with van der Waals surface area (Å²) in [7, 11) is 0. The number of aliphatic hydroxyl groups excluding tert-OH is 1. The lowest BCUT2D eigenvalue weighted by Crippen LogP contribution is -2.39. The van der Waals surface area contributed by atoms with Gasteiger partial charge in [0.15, 0.2) is 5.75 Å². The molecule has 2 unspecified atom stereocenters. The Morgan fingerprint density at radius 2 is 1.81 bits per heavy atom. The number of aliphatic hydroxyl groups is 1. The number of H-pyrrole nitrogens is 1. The zero-order valence-electron chi connectivity index (χ0n) is 17.9. The minimum Gasteiger partial charge on any atom is -0.424 e. The number of ether oxygens (including phenoxy) is 1. The molecular formula is C24H29ClN2O4. The highest BCUT2D eigenvalue weighted by Gasteiger charge is 2.23. The number of carbonyl (C=O) groups is 1. The van der Waals surface area contributed by atoms with E-state index in [0.29, 0.717) is 16.5 Å². The molecular weight excluding hydrogens is 416 g/mol. The molecule has 2 aromatic carbocycles. The van der Waals surface area contributed by atoms with E-state index in [1.165, 1.54) is 6.07 Å². The van der Waals surface area contributed by atoms with Gasteiger partial charge in [0.25, 0.3) is 0 Å².